The highest BCUT2D eigenvalue weighted by Crippen LogP contribution is 2.40. The van der Waals surface area contributed by atoms with E-state index in [1.165, 1.54) is 4.90 Å². The fourth-order valence-corrected chi connectivity index (χ4v) is 5.00. The number of fused-ring (bicyclic) bond motifs is 2. The maximum absolute atomic E-state index is 13.0. The van der Waals surface area contributed by atoms with Crippen molar-refractivity contribution in [3.05, 3.63) is 86.9 Å². The van der Waals surface area contributed by atoms with Crippen molar-refractivity contribution in [2.75, 3.05) is 5.32 Å². The molecule has 0 bridgehead atoms. The van der Waals surface area contributed by atoms with Crippen molar-refractivity contribution in [2.45, 2.75) is 58.1 Å². The zero-order valence-electron chi connectivity index (χ0n) is 22.6. The molecule has 2 N–H and O–H groups in total. The van der Waals surface area contributed by atoms with Crippen LogP contribution in [0.15, 0.2) is 54.6 Å². The van der Waals surface area contributed by atoms with Crippen molar-refractivity contribution >= 4 is 46.9 Å². The van der Waals surface area contributed by atoms with Gasteiger partial charge in [-0.2, -0.15) is 0 Å². The number of carbonyl (C=O) groups is 3. The van der Waals surface area contributed by atoms with E-state index in [9.17, 15) is 19.5 Å². The van der Waals surface area contributed by atoms with Crippen LogP contribution in [-0.2, 0) is 33.9 Å². The quantitative estimate of drug-likeness (QED) is 0.349. The minimum absolute atomic E-state index is 0.0291. The summed E-state index contributed by atoms with van der Waals surface area (Å²) in [5, 5.41) is 13.6. The summed E-state index contributed by atoms with van der Waals surface area (Å²) < 4.78 is 17.4. The molecule has 11 heteroatoms. The molecule has 0 saturated heterocycles. The Hall–Kier alpha value is -3.95. The van der Waals surface area contributed by atoms with E-state index in [0.29, 0.717) is 43.9 Å². The number of carbonyl (C=O) groups excluding carboxylic acids is 2. The van der Waals surface area contributed by atoms with Gasteiger partial charge in [0, 0.05) is 12.0 Å². The van der Waals surface area contributed by atoms with Gasteiger partial charge in [-0.05, 0) is 73.9 Å². The largest absolute Gasteiger partial charge is 0.489 e. The molecule has 9 nitrogen and oxygen atoms in total. The van der Waals surface area contributed by atoms with E-state index >= 15 is 0 Å². The number of anilines is 1. The normalized spacial score (nSPS) is 18.0. The van der Waals surface area contributed by atoms with E-state index < -0.39 is 29.8 Å². The summed E-state index contributed by atoms with van der Waals surface area (Å²) in [6.07, 6.45) is -1.55. The minimum Gasteiger partial charge on any atom is -0.489 e. The lowest BCUT2D eigenvalue weighted by Crippen LogP contribution is -2.50. The molecule has 3 aromatic rings. The van der Waals surface area contributed by atoms with Gasteiger partial charge in [-0.25, -0.2) is 9.59 Å². The molecule has 2 aliphatic rings. The maximum atomic E-state index is 13.0. The van der Waals surface area contributed by atoms with Crippen LogP contribution in [0.2, 0.25) is 10.0 Å². The van der Waals surface area contributed by atoms with Gasteiger partial charge in [0.1, 0.15) is 29.7 Å². The number of carboxylic acid groups (broad SMARTS) is 1. The highest BCUT2D eigenvalue weighted by Gasteiger charge is 2.39. The molecular weight excluding hydrogens is 571 g/mol. The predicted molar refractivity (Wildman–Crippen MR) is 153 cm³/mol. The van der Waals surface area contributed by atoms with E-state index in [-0.39, 0.29) is 25.5 Å². The summed E-state index contributed by atoms with van der Waals surface area (Å²) in [5.74, 6) is -0.473. The molecule has 3 aromatic carbocycles. The third-order valence-electron chi connectivity index (χ3n) is 6.66. The number of ether oxygens (including phenoxy) is 3. The second kappa shape index (κ2) is 11.1. The first-order chi connectivity index (χ1) is 19.4. The summed E-state index contributed by atoms with van der Waals surface area (Å²) in [5.41, 5.74) is 2.57. The van der Waals surface area contributed by atoms with Gasteiger partial charge in [0.2, 0.25) is 6.10 Å². The van der Waals surface area contributed by atoms with Crippen LogP contribution in [0.4, 0.5) is 10.5 Å². The number of aliphatic carboxylic acids is 1. The summed E-state index contributed by atoms with van der Waals surface area (Å²) in [7, 11) is 0. The van der Waals surface area contributed by atoms with Crippen LogP contribution in [0.1, 0.15) is 49.1 Å². The second-order valence-electron chi connectivity index (χ2n) is 10.9. The Labute approximate surface area is 246 Å². The fourth-order valence-electron chi connectivity index (χ4n) is 4.68. The molecule has 0 radical (unpaired) electrons. The SMILES string of the molecule is CC(C)(C)OC(=O)N1Cc2cc3c(cc2C[C@H]1C(=O)O)NC(=O)C(c1ccc(OCc2ccc(Cl)c(Cl)c2)cc1)O3. The van der Waals surface area contributed by atoms with Crippen LogP contribution in [0.3, 0.4) is 0 Å². The molecule has 5 rings (SSSR count). The van der Waals surface area contributed by atoms with E-state index in [2.05, 4.69) is 5.32 Å². The van der Waals surface area contributed by atoms with Crippen molar-refractivity contribution in [1.82, 2.24) is 4.90 Å². The van der Waals surface area contributed by atoms with Crippen LogP contribution in [0, 0.1) is 0 Å². The Morgan fingerprint density at radius 3 is 2.44 bits per heavy atom. The predicted octanol–water partition coefficient (Wildman–Crippen LogP) is 6.39. The number of hydrogen-bond donors (Lipinski definition) is 2. The Kier molecular flexibility index (Phi) is 7.76. The summed E-state index contributed by atoms with van der Waals surface area (Å²) in [6, 6.07) is 14.6. The molecule has 0 aliphatic carbocycles. The van der Waals surface area contributed by atoms with E-state index in [1.54, 1.807) is 69.3 Å². The highest BCUT2D eigenvalue weighted by molar-refractivity contribution is 6.42. The standard InChI is InChI=1S/C30H28Cl2N2O7/c1-30(2,3)41-29(38)34-14-19-13-25-23(11-18(19)12-24(34)28(36)37)33-27(35)26(40-25)17-5-7-20(8-6-17)39-15-16-4-9-21(31)22(32)10-16/h4-11,13,24,26H,12,14-15H2,1-3H3,(H,33,35)(H,36,37)/t24-,26?/m0/s1. The monoisotopic (exact) mass is 598 g/mol. The number of rotatable bonds is 5. The zero-order valence-corrected chi connectivity index (χ0v) is 24.1. The number of amides is 2. The lowest BCUT2D eigenvalue weighted by Gasteiger charge is -2.36. The fraction of sp³-hybridized carbons (Fsp3) is 0.300. The van der Waals surface area contributed by atoms with Gasteiger partial charge in [0.05, 0.1) is 22.3 Å². The third kappa shape index (κ3) is 6.36. The van der Waals surface area contributed by atoms with Gasteiger partial charge in [-0.3, -0.25) is 9.69 Å². The van der Waals surface area contributed by atoms with Crippen LogP contribution in [0.5, 0.6) is 11.5 Å². The van der Waals surface area contributed by atoms with Gasteiger partial charge < -0.3 is 24.6 Å². The average molecular weight is 599 g/mol. The van der Waals surface area contributed by atoms with Crippen LogP contribution in [-0.4, -0.2) is 39.6 Å². The molecule has 1 unspecified atom stereocenters. The van der Waals surface area contributed by atoms with Gasteiger partial charge in [-0.15, -0.1) is 0 Å². The molecule has 0 spiro atoms. The molecule has 2 atom stereocenters. The van der Waals surface area contributed by atoms with Crippen molar-refractivity contribution < 1.29 is 33.7 Å². The molecule has 2 heterocycles. The van der Waals surface area contributed by atoms with Gasteiger partial charge >= 0.3 is 12.1 Å². The molecule has 2 aliphatic heterocycles. The lowest BCUT2D eigenvalue weighted by molar-refractivity contribution is -0.143. The van der Waals surface area contributed by atoms with Crippen molar-refractivity contribution in [1.29, 1.82) is 0 Å². The van der Waals surface area contributed by atoms with E-state index in [4.69, 9.17) is 37.4 Å². The van der Waals surface area contributed by atoms with Crippen molar-refractivity contribution in [3.8, 4) is 11.5 Å². The minimum atomic E-state index is -1.14. The Morgan fingerprint density at radius 2 is 1.78 bits per heavy atom. The third-order valence-corrected chi connectivity index (χ3v) is 7.40. The van der Waals surface area contributed by atoms with Crippen LogP contribution in [0.25, 0.3) is 0 Å². The van der Waals surface area contributed by atoms with Gasteiger partial charge in [-0.1, -0.05) is 41.4 Å². The van der Waals surface area contributed by atoms with Crippen molar-refractivity contribution in [2.24, 2.45) is 0 Å². The average Bonchev–Trinajstić information content (AvgIpc) is 2.91. The van der Waals surface area contributed by atoms with Gasteiger partial charge in [0.25, 0.3) is 5.91 Å². The molecular formula is C30H28Cl2N2O7. The Morgan fingerprint density at radius 1 is 1.05 bits per heavy atom. The summed E-state index contributed by atoms with van der Waals surface area (Å²) in [6.45, 7) is 5.49. The number of nitrogens with one attached hydrogen (secondary N) is 1. The maximum Gasteiger partial charge on any atom is 0.411 e. The zero-order chi connectivity index (χ0) is 29.5. The van der Waals surface area contributed by atoms with E-state index in [0.717, 1.165) is 5.56 Å². The summed E-state index contributed by atoms with van der Waals surface area (Å²) in [4.78, 5) is 39.0. The molecule has 0 saturated carbocycles. The molecule has 41 heavy (non-hydrogen) atoms. The van der Waals surface area contributed by atoms with Crippen LogP contribution >= 0.6 is 23.2 Å². The van der Waals surface area contributed by atoms with E-state index in [1.807, 2.05) is 6.07 Å². The highest BCUT2D eigenvalue weighted by atomic mass is 35.5. The van der Waals surface area contributed by atoms with Gasteiger partial charge in [0.15, 0.2) is 0 Å². The number of hydrogen-bond acceptors (Lipinski definition) is 6. The molecule has 0 fully saturated rings. The van der Waals surface area contributed by atoms with Crippen LogP contribution < -0.4 is 14.8 Å². The number of nitrogens with zero attached hydrogens (tertiary/aromatic N) is 1. The first-order valence-electron chi connectivity index (χ1n) is 12.9. The summed E-state index contributed by atoms with van der Waals surface area (Å²) >= 11 is 12.0. The molecule has 0 aromatic heterocycles. The molecule has 2 amide bonds. The Balaban J connectivity index is 1.32. The topological polar surface area (TPSA) is 114 Å². The first-order valence-corrected chi connectivity index (χ1v) is 13.7. The first kappa shape index (κ1) is 28.6. The Bertz CT molecular complexity index is 1520. The molecule has 214 valence electrons. The number of halogens is 2. The number of benzene rings is 3. The smallest absolute Gasteiger partial charge is 0.411 e. The lowest BCUT2D eigenvalue weighted by atomic mass is 9.92. The van der Waals surface area contributed by atoms with Crippen molar-refractivity contribution in [3.63, 3.8) is 0 Å². The second-order valence-corrected chi connectivity index (χ2v) is 11.7. The number of carboxylic acids is 1.